The third-order valence-corrected chi connectivity index (χ3v) is 4.51. The quantitative estimate of drug-likeness (QED) is 0.905. The second kappa shape index (κ2) is 6.81. The lowest BCUT2D eigenvalue weighted by Gasteiger charge is -2.18. The molecular formula is C16H19N3O2S. The molecule has 3 rings (SSSR count). The van der Waals surface area contributed by atoms with Crippen LogP contribution in [0.2, 0.25) is 0 Å². The summed E-state index contributed by atoms with van der Waals surface area (Å²) in [6.07, 6.45) is 1.37. The normalized spacial score (nSPS) is 17.5. The first-order valence-corrected chi connectivity index (χ1v) is 8.12. The number of nitrogens with one attached hydrogen (secondary N) is 2. The SMILES string of the molecule is CO[C@H]1CCN(c2ccc(NC(=O)Nc3cccs3)cc2)C1. The van der Waals surface area contributed by atoms with Gasteiger partial charge < -0.3 is 15.0 Å². The van der Waals surface area contributed by atoms with E-state index in [9.17, 15) is 4.79 Å². The summed E-state index contributed by atoms with van der Waals surface area (Å²) in [7, 11) is 1.76. The van der Waals surface area contributed by atoms with Gasteiger partial charge in [-0.3, -0.25) is 5.32 Å². The molecule has 2 N–H and O–H groups in total. The van der Waals surface area contributed by atoms with Gasteiger partial charge in [0.1, 0.15) is 0 Å². The average Bonchev–Trinajstić information content (AvgIpc) is 3.19. The number of methoxy groups -OCH3 is 1. The fourth-order valence-electron chi connectivity index (χ4n) is 2.53. The maximum absolute atomic E-state index is 11.9. The van der Waals surface area contributed by atoms with Gasteiger partial charge >= 0.3 is 6.03 Å². The second-order valence-corrected chi connectivity index (χ2v) is 6.14. The third kappa shape index (κ3) is 3.58. The highest BCUT2D eigenvalue weighted by atomic mass is 32.1. The van der Waals surface area contributed by atoms with Gasteiger partial charge in [-0.05, 0) is 48.2 Å². The van der Waals surface area contributed by atoms with Gasteiger partial charge in [-0.25, -0.2) is 4.79 Å². The maximum atomic E-state index is 11.9. The van der Waals surface area contributed by atoms with Crippen LogP contribution in [-0.4, -0.2) is 32.3 Å². The summed E-state index contributed by atoms with van der Waals surface area (Å²) in [6, 6.07) is 11.4. The third-order valence-electron chi connectivity index (χ3n) is 3.73. The molecule has 0 saturated carbocycles. The van der Waals surface area contributed by atoms with Gasteiger partial charge in [0.05, 0.1) is 11.1 Å². The number of carbonyl (C=O) groups is 1. The molecule has 2 aromatic rings. The highest BCUT2D eigenvalue weighted by Gasteiger charge is 2.22. The van der Waals surface area contributed by atoms with Crippen LogP contribution >= 0.6 is 11.3 Å². The Hall–Kier alpha value is -2.05. The van der Waals surface area contributed by atoms with Crippen molar-refractivity contribution in [1.82, 2.24) is 0 Å². The fraction of sp³-hybridized carbons (Fsp3) is 0.312. The minimum absolute atomic E-state index is 0.226. The topological polar surface area (TPSA) is 53.6 Å². The van der Waals surface area contributed by atoms with E-state index in [1.54, 1.807) is 7.11 Å². The lowest BCUT2D eigenvalue weighted by atomic mass is 10.2. The molecule has 0 aliphatic carbocycles. The van der Waals surface area contributed by atoms with Gasteiger partial charge in [0.25, 0.3) is 0 Å². The number of rotatable bonds is 4. The predicted octanol–water partition coefficient (Wildman–Crippen LogP) is 3.62. The van der Waals surface area contributed by atoms with Crippen LogP contribution in [0.1, 0.15) is 6.42 Å². The molecule has 1 aromatic heterocycles. The van der Waals surface area contributed by atoms with Gasteiger partial charge in [-0.15, -0.1) is 11.3 Å². The molecule has 116 valence electrons. The van der Waals surface area contributed by atoms with Crippen molar-refractivity contribution in [3.05, 3.63) is 41.8 Å². The number of thiophene rings is 1. The van der Waals surface area contributed by atoms with Crippen LogP contribution in [0, 0.1) is 0 Å². The van der Waals surface area contributed by atoms with E-state index in [0.717, 1.165) is 35.9 Å². The number of anilines is 3. The van der Waals surface area contributed by atoms with Crippen molar-refractivity contribution >= 4 is 33.7 Å². The number of urea groups is 1. The highest BCUT2D eigenvalue weighted by Crippen LogP contribution is 2.23. The zero-order chi connectivity index (χ0) is 15.4. The summed E-state index contributed by atoms with van der Waals surface area (Å²) < 4.78 is 5.38. The van der Waals surface area contributed by atoms with Crippen LogP contribution in [0.15, 0.2) is 41.8 Å². The van der Waals surface area contributed by atoms with E-state index >= 15 is 0 Å². The number of ether oxygens (including phenoxy) is 1. The summed E-state index contributed by atoms with van der Waals surface area (Å²) in [6.45, 7) is 1.92. The Morgan fingerprint density at radius 3 is 2.73 bits per heavy atom. The zero-order valence-corrected chi connectivity index (χ0v) is 13.2. The Bertz CT molecular complexity index is 613. The summed E-state index contributed by atoms with van der Waals surface area (Å²) >= 11 is 1.49. The smallest absolute Gasteiger partial charge is 0.324 e. The summed E-state index contributed by atoms with van der Waals surface area (Å²) in [4.78, 5) is 14.2. The standard InChI is InChI=1S/C16H19N3O2S/c1-21-14-8-9-19(11-14)13-6-4-12(5-7-13)17-16(20)18-15-3-2-10-22-15/h2-7,10,14H,8-9,11H2,1H3,(H2,17,18,20)/t14-/m0/s1. The van der Waals surface area contributed by atoms with Gasteiger partial charge in [0, 0.05) is 31.6 Å². The first kappa shape index (κ1) is 14.9. The van der Waals surface area contributed by atoms with Crippen LogP contribution in [0.3, 0.4) is 0 Å². The summed E-state index contributed by atoms with van der Waals surface area (Å²) in [5.41, 5.74) is 1.93. The number of nitrogens with zero attached hydrogens (tertiary/aromatic N) is 1. The predicted molar refractivity (Wildman–Crippen MR) is 91.0 cm³/mol. The Balaban J connectivity index is 1.56. The first-order chi connectivity index (χ1) is 10.7. The lowest BCUT2D eigenvalue weighted by molar-refractivity contribution is 0.121. The first-order valence-electron chi connectivity index (χ1n) is 7.24. The highest BCUT2D eigenvalue weighted by molar-refractivity contribution is 7.14. The van der Waals surface area contributed by atoms with E-state index in [1.807, 2.05) is 41.8 Å². The molecule has 6 heteroatoms. The Kier molecular flexibility index (Phi) is 4.60. The minimum atomic E-state index is -0.226. The molecule has 1 aromatic carbocycles. The van der Waals surface area contributed by atoms with Gasteiger partial charge in [-0.1, -0.05) is 0 Å². The van der Waals surface area contributed by atoms with E-state index in [1.165, 1.54) is 11.3 Å². The molecule has 0 radical (unpaired) electrons. The molecule has 0 spiro atoms. The van der Waals surface area contributed by atoms with Crippen molar-refractivity contribution in [3.63, 3.8) is 0 Å². The number of carbonyl (C=O) groups excluding carboxylic acids is 1. The molecule has 1 atom stereocenters. The summed E-state index contributed by atoms with van der Waals surface area (Å²) in [5, 5.41) is 8.38. The molecule has 0 unspecified atom stereocenters. The average molecular weight is 317 g/mol. The largest absolute Gasteiger partial charge is 0.380 e. The van der Waals surface area contributed by atoms with Crippen molar-refractivity contribution in [1.29, 1.82) is 0 Å². The molecule has 2 amide bonds. The molecule has 1 fully saturated rings. The molecule has 2 heterocycles. The number of hydrogen-bond acceptors (Lipinski definition) is 4. The lowest BCUT2D eigenvalue weighted by Crippen LogP contribution is -2.22. The Labute approximate surface area is 133 Å². The molecule has 1 aliphatic heterocycles. The number of amides is 2. The van der Waals surface area contributed by atoms with Gasteiger partial charge in [0.15, 0.2) is 0 Å². The van der Waals surface area contributed by atoms with Gasteiger partial charge in [-0.2, -0.15) is 0 Å². The van der Waals surface area contributed by atoms with E-state index in [2.05, 4.69) is 15.5 Å². The van der Waals surface area contributed by atoms with E-state index in [-0.39, 0.29) is 6.03 Å². The molecule has 0 bridgehead atoms. The molecule has 1 aliphatic rings. The molecule has 22 heavy (non-hydrogen) atoms. The number of benzene rings is 1. The van der Waals surface area contributed by atoms with Crippen LogP contribution in [0.4, 0.5) is 21.2 Å². The van der Waals surface area contributed by atoms with Crippen LogP contribution in [0.25, 0.3) is 0 Å². The summed E-state index contributed by atoms with van der Waals surface area (Å²) in [5.74, 6) is 0. The molecule has 5 nitrogen and oxygen atoms in total. The van der Waals surface area contributed by atoms with Crippen molar-refractivity contribution in [2.75, 3.05) is 35.7 Å². The Morgan fingerprint density at radius 2 is 2.09 bits per heavy atom. The van der Waals surface area contributed by atoms with Crippen molar-refractivity contribution in [2.24, 2.45) is 0 Å². The fourth-order valence-corrected chi connectivity index (χ4v) is 3.15. The monoisotopic (exact) mass is 317 g/mol. The van der Waals surface area contributed by atoms with Crippen molar-refractivity contribution in [3.8, 4) is 0 Å². The van der Waals surface area contributed by atoms with E-state index < -0.39 is 0 Å². The van der Waals surface area contributed by atoms with Crippen LogP contribution in [0.5, 0.6) is 0 Å². The van der Waals surface area contributed by atoms with Gasteiger partial charge in [0.2, 0.25) is 0 Å². The van der Waals surface area contributed by atoms with E-state index in [4.69, 9.17) is 4.74 Å². The second-order valence-electron chi connectivity index (χ2n) is 5.20. The van der Waals surface area contributed by atoms with Crippen molar-refractivity contribution in [2.45, 2.75) is 12.5 Å². The number of hydrogen-bond donors (Lipinski definition) is 2. The Morgan fingerprint density at radius 1 is 1.27 bits per heavy atom. The van der Waals surface area contributed by atoms with E-state index in [0.29, 0.717) is 6.10 Å². The molecular weight excluding hydrogens is 298 g/mol. The van der Waals surface area contributed by atoms with Crippen molar-refractivity contribution < 1.29 is 9.53 Å². The minimum Gasteiger partial charge on any atom is -0.380 e. The zero-order valence-electron chi connectivity index (χ0n) is 12.4. The maximum Gasteiger partial charge on any atom is 0.324 e. The van der Waals surface area contributed by atoms with Crippen LogP contribution < -0.4 is 15.5 Å². The molecule has 1 saturated heterocycles. The van der Waals surface area contributed by atoms with Crippen LogP contribution in [-0.2, 0) is 4.74 Å².